The minimum absolute atomic E-state index is 0.525. The summed E-state index contributed by atoms with van der Waals surface area (Å²) in [5, 5.41) is 17.2. The highest BCUT2D eigenvalue weighted by molar-refractivity contribution is 9.11. The predicted octanol–water partition coefficient (Wildman–Crippen LogP) is 6.10. The molecule has 0 spiro atoms. The Balaban J connectivity index is 0.000000178. The van der Waals surface area contributed by atoms with E-state index in [1.54, 1.807) is 30.5 Å². The van der Waals surface area contributed by atoms with Crippen LogP contribution < -0.4 is 5.46 Å². The molecule has 32 heavy (non-hydrogen) atoms. The van der Waals surface area contributed by atoms with Gasteiger partial charge in [-0.1, -0.05) is 60.7 Å². The summed E-state index contributed by atoms with van der Waals surface area (Å²) in [7, 11) is -1.34. The molecule has 0 aliphatic rings. The van der Waals surface area contributed by atoms with E-state index in [-0.39, 0.29) is 0 Å². The molecule has 0 saturated heterocycles. The van der Waals surface area contributed by atoms with Crippen molar-refractivity contribution in [3.05, 3.63) is 110 Å². The van der Waals surface area contributed by atoms with Gasteiger partial charge in [-0.3, -0.25) is 4.98 Å². The van der Waals surface area contributed by atoms with E-state index in [1.807, 2.05) is 43.5 Å². The summed E-state index contributed by atoms with van der Waals surface area (Å²) in [4.78, 5) is 8.37. The molecule has 8 heteroatoms. The van der Waals surface area contributed by atoms with E-state index in [1.165, 1.54) is 11.1 Å². The van der Waals surface area contributed by atoms with Crippen LogP contribution >= 0.6 is 47.8 Å². The van der Waals surface area contributed by atoms with Gasteiger partial charge >= 0.3 is 7.12 Å². The number of pyridine rings is 2. The summed E-state index contributed by atoms with van der Waals surface area (Å²) in [6.07, 6.45) is 3.62. The molecule has 2 heterocycles. The summed E-state index contributed by atoms with van der Waals surface area (Å²) < 4.78 is 2.98. The van der Waals surface area contributed by atoms with Crippen molar-refractivity contribution in [3.63, 3.8) is 0 Å². The van der Waals surface area contributed by atoms with Crippen molar-refractivity contribution in [2.24, 2.45) is 0 Å². The monoisotopic (exact) mass is 618 g/mol. The molecular weight excluding hydrogens is 599 g/mol. The SMILES string of the molecule is Cc1cc(-c2ccccc2)ncc1Br.Cc1cc(Br)ncc1Br.OB(O)c1ccccc1. The van der Waals surface area contributed by atoms with Crippen LogP contribution in [0.1, 0.15) is 11.1 Å². The maximum absolute atomic E-state index is 8.58. The number of hydrogen-bond donors (Lipinski definition) is 2. The molecule has 0 aliphatic carbocycles. The topological polar surface area (TPSA) is 66.2 Å². The van der Waals surface area contributed by atoms with Crippen molar-refractivity contribution in [2.45, 2.75) is 13.8 Å². The Labute approximate surface area is 214 Å². The number of aromatic nitrogens is 2. The van der Waals surface area contributed by atoms with Gasteiger partial charge in [0.1, 0.15) is 4.60 Å². The molecule has 2 N–H and O–H groups in total. The Morgan fingerprint density at radius 1 is 0.688 bits per heavy atom. The molecule has 4 rings (SSSR count). The van der Waals surface area contributed by atoms with Crippen molar-refractivity contribution >= 4 is 60.4 Å². The highest BCUT2D eigenvalue weighted by Crippen LogP contribution is 2.21. The van der Waals surface area contributed by atoms with Crippen molar-refractivity contribution in [3.8, 4) is 11.3 Å². The van der Waals surface area contributed by atoms with Gasteiger partial charge in [-0.2, -0.15) is 0 Å². The van der Waals surface area contributed by atoms with Crippen molar-refractivity contribution < 1.29 is 10.0 Å². The number of rotatable bonds is 2. The highest BCUT2D eigenvalue weighted by atomic mass is 79.9. The Bertz CT molecular complexity index is 1110. The molecule has 2 aromatic heterocycles. The normalized spacial score (nSPS) is 9.72. The summed E-state index contributed by atoms with van der Waals surface area (Å²) in [5.41, 5.74) is 5.10. The largest absolute Gasteiger partial charge is 0.488 e. The fourth-order valence-corrected chi connectivity index (χ4v) is 3.32. The van der Waals surface area contributed by atoms with Crippen molar-refractivity contribution in [1.29, 1.82) is 0 Å². The molecule has 0 amide bonds. The molecule has 0 aliphatic heterocycles. The molecule has 0 bridgehead atoms. The fourth-order valence-electron chi connectivity index (χ4n) is 2.44. The molecule has 0 radical (unpaired) electrons. The first-order valence-electron chi connectivity index (χ1n) is 9.64. The lowest BCUT2D eigenvalue weighted by molar-refractivity contribution is 0.426. The van der Waals surface area contributed by atoms with Crippen LogP contribution in [-0.2, 0) is 0 Å². The van der Waals surface area contributed by atoms with Gasteiger partial charge in [0, 0.05) is 26.9 Å². The maximum Gasteiger partial charge on any atom is 0.488 e. The smallest absolute Gasteiger partial charge is 0.423 e. The van der Waals surface area contributed by atoms with Crippen LogP contribution in [0.3, 0.4) is 0 Å². The zero-order valence-corrected chi connectivity index (χ0v) is 22.3. The van der Waals surface area contributed by atoms with Crippen LogP contribution in [-0.4, -0.2) is 27.1 Å². The molecule has 0 atom stereocenters. The fraction of sp³-hybridized carbons (Fsp3) is 0.0833. The number of halogens is 3. The molecule has 4 nitrogen and oxygen atoms in total. The average Bonchev–Trinajstić information content (AvgIpc) is 2.80. The molecule has 4 aromatic rings. The average molecular weight is 621 g/mol. The third-order valence-corrected chi connectivity index (χ3v) is 6.32. The van der Waals surface area contributed by atoms with Gasteiger partial charge in [-0.15, -0.1) is 0 Å². The van der Waals surface area contributed by atoms with E-state index in [0.29, 0.717) is 5.46 Å². The van der Waals surface area contributed by atoms with E-state index < -0.39 is 7.12 Å². The van der Waals surface area contributed by atoms with Gasteiger partial charge in [0.2, 0.25) is 0 Å². The second-order valence-electron chi connectivity index (χ2n) is 6.73. The van der Waals surface area contributed by atoms with Gasteiger partial charge < -0.3 is 10.0 Å². The second kappa shape index (κ2) is 13.7. The second-order valence-corrected chi connectivity index (χ2v) is 9.25. The molecule has 164 valence electrons. The summed E-state index contributed by atoms with van der Waals surface area (Å²) in [5.74, 6) is 0. The first-order chi connectivity index (χ1) is 15.3. The van der Waals surface area contributed by atoms with E-state index >= 15 is 0 Å². The molecule has 2 aromatic carbocycles. The van der Waals surface area contributed by atoms with Crippen LogP contribution in [0.4, 0.5) is 0 Å². The van der Waals surface area contributed by atoms with Crippen LogP contribution in [0.25, 0.3) is 11.3 Å². The van der Waals surface area contributed by atoms with Crippen molar-refractivity contribution in [2.75, 3.05) is 0 Å². The predicted molar refractivity (Wildman–Crippen MR) is 143 cm³/mol. The van der Waals surface area contributed by atoms with Crippen LogP contribution in [0.2, 0.25) is 0 Å². The van der Waals surface area contributed by atoms with Gasteiger partial charge in [0.25, 0.3) is 0 Å². The number of benzene rings is 2. The Morgan fingerprint density at radius 3 is 1.62 bits per heavy atom. The molecular formula is C24H22BBr3N2O2. The first kappa shape index (κ1) is 26.4. The van der Waals surface area contributed by atoms with E-state index in [4.69, 9.17) is 10.0 Å². The molecule has 0 fully saturated rings. The van der Waals surface area contributed by atoms with Crippen LogP contribution in [0.15, 0.2) is 98.7 Å². The van der Waals surface area contributed by atoms with Gasteiger partial charge in [-0.05, 0) is 90.4 Å². The Morgan fingerprint density at radius 2 is 1.19 bits per heavy atom. The Kier molecular flexibility index (Phi) is 11.3. The van der Waals surface area contributed by atoms with Crippen LogP contribution in [0.5, 0.6) is 0 Å². The Hall–Kier alpha value is -1.84. The number of hydrogen-bond acceptors (Lipinski definition) is 4. The van der Waals surface area contributed by atoms with E-state index in [9.17, 15) is 0 Å². The minimum atomic E-state index is -1.34. The summed E-state index contributed by atoms with van der Waals surface area (Å²) in [6.45, 7) is 4.09. The number of aryl methyl sites for hydroxylation is 2. The maximum atomic E-state index is 8.58. The zero-order chi connectivity index (χ0) is 23.5. The quantitative estimate of drug-likeness (QED) is 0.210. The van der Waals surface area contributed by atoms with Gasteiger partial charge in [0.05, 0.1) is 5.69 Å². The van der Waals surface area contributed by atoms with E-state index in [2.05, 4.69) is 82.9 Å². The zero-order valence-electron chi connectivity index (χ0n) is 17.6. The number of nitrogens with zero attached hydrogens (tertiary/aromatic N) is 2. The van der Waals surface area contributed by atoms with Gasteiger partial charge in [-0.25, -0.2) is 4.98 Å². The standard InChI is InChI=1S/C12H10BrN.C6H7BO2.C6H5Br2N/c1-9-7-12(14-8-11(9)13)10-5-3-2-4-6-10;8-7(9)6-4-2-1-3-5-6;1-4-2-6(8)9-3-5(4)7/h2-8H,1H3;1-5,8-9H;2-3H,1H3. The van der Waals surface area contributed by atoms with Gasteiger partial charge in [0.15, 0.2) is 0 Å². The minimum Gasteiger partial charge on any atom is -0.423 e. The lowest BCUT2D eigenvalue weighted by Crippen LogP contribution is -2.29. The third kappa shape index (κ3) is 8.96. The third-order valence-electron chi connectivity index (χ3n) is 4.23. The molecule has 0 unspecified atom stereocenters. The van der Waals surface area contributed by atoms with E-state index in [0.717, 1.165) is 24.8 Å². The highest BCUT2D eigenvalue weighted by Gasteiger charge is 2.07. The summed E-state index contributed by atoms with van der Waals surface area (Å²) in [6, 6.07) is 22.9. The lowest BCUT2D eigenvalue weighted by atomic mass is 9.81. The lowest BCUT2D eigenvalue weighted by Gasteiger charge is -2.02. The first-order valence-corrected chi connectivity index (χ1v) is 12.0. The van der Waals surface area contributed by atoms with Crippen LogP contribution in [0, 0.1) is 13.8 Å². The van der Waals surface area contributed by atoms with Crippen molar-refractivity contribution in [1.82, 2.24) is 9.97 Å². The summed E-state index contributed by atoms with van der Waals surface area (Å²) >= 11 is 10.0. The molecule has 0 saturated carbocycles.